The number of carbonyl (C=O) groups is 2. The van der Waals surface area contributed by atoms with E-state index in [2.05, 4.69) is 10.3 Å². The number of carbonyl (C=O) groups excluding carboxylic acids is 2. The molecule has 0 bridgehead atoms. The Bertz CT molecular complexity index is 1090. The predicted molar refractivity (Wildman–Crippen MR) is 109 cm³/mol. The third kappa shape index (κ3) is 4.11. The van der Waals surface area contributed by atoms with E-state index in [1.807, 2.05) is 38.1 Å². The molecule has 1 amide bonds. The number of aromatic amines is 1. The van der Waals surface area contributed by atoms with Gasteiger partial charge in [0.25, 0.3) is 11.5 Å². The third-order valence-electron chi connectivity index (χ3n) is 4.47. The Hall–Kier alpha value is -3.41. The zero-order valence-electron chi connectivity index (χ0n) is 16.0. The number of rotatable bonds is 5. The molecule has 1 atom stereocenters. The summed E-state index contributed by atoms with van der Waals surface area (Å²) < 4.78 is 5.25. The largest absolute Gasteiger partial charge is 0.448 e. The monoisotopic (exact) mass is 378 g/mol. The Morgan fingerprint density at radius 2 is 1.68 bits per heavy atom. The normalized spacial score (nSPS) is 12.0. The Morgan fingerprint density at radius 1 is 1.00 bits per heavy atom. The number of nitrogens with one attached hydrogen (secondary N) is 2. The molecule has 0 radical (unpaired) electrons. The van der Waals surface area contributed by atoms with Gasteiger partial charge in [-0.2, -0.15) is 0 Å². The van der Waals surface area contributed by atoms with E-state index < -0.39 is 18.0 Å². The number of fused-ring (bicyclic) bond motifs is 1. The minimum Gasteiger partial charge on any atom is -0.448 e. The van der Waals surface area contributed by atoms with Crippen LogP contribution in [0.1, 0.15) is 42.7 Å². The van der Waals surface area contributed by atoms with Crippen molar-refractivity contribution in [3.8, 4) is 0 Å². The number of H-pyrrole nitrogens is 1. The van der Waals surface area contributed by atoms with Crippen molar-refractivity contribution >= 4 is 28.3 Å². The van der Waals surface area contributed by atoms with E-state index in [9.17, 15) is 14.4 Å². The molecule has 2 N–H and O–H groups in total. The first-order valence-corrected chi connectivity index (χ1v) is 9.09. The lowest BCUT2D eigenvalue weighted by atomic mass is 10.0. The van der Waals surface area contributed by atoms with Crippen LogP contribution in [0.5, 0.6) is 0 Å². The maximum atomic E-state index is 12.5. The highest BCUT2D eigenvalue weighted by Crippen LogP contribution is 2.24. The summed E-state index contributed by atoms with van der Waals surface area (Å²) in [5.41, 5.74) is 1.30. The minimum atomic E-state index is -1.03. The molecule has 0 saturated heterocycles. The van der Waals surface area contributed by atoms with Crippen LogP contribution in [0.15, 0.2) is 59.4 Å². The lowest BCUT2D eigenvalue weighted by Gasteiger charge is -2.17. The highest BCUT2D eigenvalue weighted by atomic mass is 16.5. The average Bonchev–Trinajstić information content (AvgIpc) is 2.68. The van der Waals surface area contributed by atoms with E-state index >= 15 is 0 Å². The molecule has 0 aliphatic carbocycles. The number of benzene rings is 2. The number of aromatic nitrogens is 1. The topological polar surface area (TPSA) is 88.3 Å². The highest BCUT2D eigenvalue weighted by molar-refractivity contribution is 5.98. The molecule has 6 heteroatoms. The zero-order chi connectivity index (χ0) is 20.3. The Balaban J connectivity index is 1.74. The second-order valence-corrected chi connectivity index (χ2v) is 6.88. The van der Waals surface area contributed by atoms with E-state index in [0.717, 1.165) is 5.56 Å². The van der Waals surface area contributed by atoms with Gasteiger partial charge in [0.05, 0.1) is 0 Å². The van der Waals surface area contributed by atoms with Gasteiger partial charge in [0.15, 0.2) is 6.10 Å². The fourth-order valence-electron chi connectivity index (χ4n) is 2.95. The van der Waals surface area contributed by atoms with Crippen LogP contribution in [-0.4, -0.2) is 23.0 Å². The van der Waals surface area contributed by atoms with Gasteiger partial charge in [0.2, 0.25) is 0 Å². The second kappa shape index (κ2) is 8.08. The fourth-order valence-corrected chi connectivity index (χ4v) is 2.95. The molecule has 3 aromatic rings. The number of ether oxygens (including phenoxy) is 1. The van der Waals surface area contributed by atoms with Crippen molar-refractivity contribution in [1.82, 2.24) is 4.98 Å². The zero-order valence-corrected chi connectivity index (χ0v) is 16.0. The molecule has 3 rings (SSSR count). The lowest BCUT2D eigenvalue weighted by Crippen LogP contribution is -2.31. The van der Waals surface area contributed by atoms with Crippen LogP contribution < -0.4 is 10.9 Å². The van der Waals surface area contributed by atoms with Gasteiger partial charge in [-0.25, -0.2) is 4.79 Å². The summed E-state index contributed by atoms with van der Waals surface area (Å²) in [6.45, 7) is 5.55. The van der Waals surface area contributed by atoms with Crippen molar-refractivity contribution in [3.05, 3.63) is 76.2 Å². The number of amides is 1. The Labute approximate surface area is 162 Å². The summed E-state index contributed by atoms with van der Waals surface area (Å²) in [5.74, 6) is -0.968. The van der Waals surface area contributed by atoms with Crippen molar-refractivity contribution < 1.29 is 14.3 Å². The van der Waals surface area contributed by atoms with Crippen molar-refractivity contribution in [2.75, 3.05) is 5.32 Å². The summed E-state index contributed by atoms with van der Waals surface area (Å²) in [4.78, 5) is 39.5. The van der Waals surface area contributed by atoms with Crippen molar-refractivity contribution in [2.24, 2.45) is 0 Å². The van der Waals surface area contributed by atoms with Crippen LogP contribution in [-0.2, 0) is 9.53 Å². The fraction of sp³-hybridized carbons (Fsp3) is 0.227. The molecular formula is C22H22N2O4. The van der Waals surface area contributed by atoms with Gasteiger partial charge in [-0.1, -0.05) is 50.2 Å². The summed E-state index contributed by atoms with van der Waals surface area (Å²) in [6.07, 6.45) is -1.03. The SMILES string of the molecule is CC(C)c1ccccc1NC(=O)[C@H](C)OC(=O)c1cc2ccccc2c(=O)[nH]1. The van der Waals surface area contributed by atoms with Crippen LogP contribution in [0.25, 0.3) is 10.8 Å². The van der Waals surface area contributed by atoms with Crippen LogP contribution >= 0.6 is 0 Å². The van der Waals surface area contributed by atoms with Gasteiger partial charge in [-0.3, -0.25) is 9.59 Å². The first-order chi connectivity index (χ1) is 13.4. The molecule has 0 spiro atoms. The van der Waals surface area contributed by atoms with Crippen LogP contribution in [0.2, 0.25) is 0 Å². The first kappa shape index (κ1) is 19.4. The molecule has 1 heterocycles. The lowest BCUT2D eigenvalue weighted by molar-refractivity contribution is -0.123. The Morgan fingerprint density at radius 3 is 2.43 bits per heavy atom. The van der Waals surface area contributed by atoms with Gasteiger partial charge in [0, 0.05) is 11.1 Å². The van der Waals surface area contributed by atoms with E-state index in [4.69, 9.17) is 4.74 Å². The summed E-state index contributed by atoms with van der Waals surface area (Å²) >= 11 is 0. The van der Waals surface area contributed by atoms with Gasteiger partial charge in [-0.15, -0.1) is 0 Å². The molecule has 6 nitrogen and oxygen atoms in total. The van der Waals surface area contributed by atoms with Crippen LogP contribution in [0.4, 0.5) is 5.69 Å². The number of pyridine rings is 1. The molecule has 1 aromatic heterocycles. The number of anilines is 1. The molecular weight excluding hydrogens is 356 g/mol. The predicted octanol–water partition coefficient (Wildman–Crippen LogP) is 3.84. The minimum absolute atomic E-state index is 0.00549. The summed E-state index contributed by atoms with van der Waals surface area (Å²) in [5, 5.41) is 3.91. The number of esters is 1. The van der Waals surface area contributed by atoms with Crippen molar-refractivity contribution in [3.63, 3.8) is 0 Å². The van der Waals surface area contributed by atoms with E-state index in [-0.39, 0.29) is 17.2 Å². The quantitative estimate of drug-likeness (QED) is 0.661. The standard InChI is InChI=1S/C22H22N2O4/c1-13(2)16-9-6-7-11-18(16)23-20(25)14(3)28-22(27)19-12-15-8-4-5-10-17(15)21(26)24-19/h4-14H,1-3H3,(H,23,25)(H,24,26)/t14-/m0/s1. The van der Waals surface area contributed by atoms with E-state index in [1.165, 1.54) is 13.0 Å². The number of para-hydroxylation sites is 1. The molecule has 2 aromatic carbocycles. The summed E-state index contributed by atoms with van der Waals surface area (Å²) in [7, 11) is 0. The molecule has 0 aliphatic heterocycles. The van der Waals surface area contributed by atoms with Gasteiger partial charge < -0.3 is 15.0 Å². The third-order valence-corrected chi connectivity index (χ3v) is 4.47. The molecule has 0 fully saturated rings. The Kier molecular flexibility index (Phi) is 5.59. The highest BCUT2D eigenvalue weighted by Gasteiger charge is 2.21. The second-order valence-electron chi connectivity index (χ2n) is 6.88. The van der Waals surface area contributed by atoms with Gasteiger partial charge in [-0.05, 0) is 42.0 Å². The molecule has 0 saturated carbocycles. The smallest absolute Gasteiger partial charge is 0.355 e. The van der Waals surface area contributed by atoms with E-state index in [0.29, 0.717) is 16.5 Å². The average molecular weight is 378 g/mol. The maximum absolute atomic E-state index is 12.5. The van der Waals surface area contributed by atoms with E-state index in [1.54, 1.807) is 24.3 Å². The maximum Gasteiger partial charge on any atom is 0.355 e. The summed E-state index contributed by atoms with van der Waals surface area (Å²) in [6, 6.07) is 16.0. The van der Waals surface area contributed by atoms with Crippen LogP contribution in [0.3, 0.4) is 0 Å². The molecule has 28 heavy (non-hydrogen) atoms. The molecule has 0 unspecified atom stereocenters. The number of hydrogen-bond donors (Lipinski definition) is 2. The van der Waals surface area contributed by atoms with Crippen molar-refractivity contribution in [2.45, 2.75) is 32.8 Å². The van der Waals surface area contributed by atoms with Gasteiger partial charge in [0.1, 0.15) is 5.69 Å². The van der Waals surface area contributed by atoms with Crippen molar-refractivity contribution in [1.29, 1.82) is 0 Å². The first-order valence-electron chi connectivity index (χ1n) is 9.09. The number of hydrogen-bond acceptors (Lipinski definition) is 4. The van der Waals surface area contributed by atoms with Gasteiger partial charge >= 0.3 is 5.97 Å². The molecule has 0 aliphatic rings. The van der Waals surface area contributed by atoms with Crippen LogP contribution in [0, 0.1) is 0 Å². The molecule has 144 valence electrons.